The van der Waals surface area contributed by atoms with Gasteiger partial charge in [0.1, 0.15) is 11.6 Å². The topological polar surface area (TPSA) is 72.7 Å². The zero-order chi connectivity index (χ0) is 17.3. The van der Waals surface area contributed by atoms with Crippen LogP contribution in [0.25, 0.3) is 5.95 Å². The smallest absolute Gasteiger partial charge is 0.258 e. The molecule has 3 rings (SSSR count). The van der Waals surface area contributed by atoms with Gasteiger partial charge in [0.25, 0.3) is 5.91 Å². The predicted molar refractivity (Wildman–Crippen MR) is 87.7 cm³/mol. The summed E-state index contributed by atoms with van der Waals surface area (Å²) in [6.07, 6.45) is 2.96. The number of imidazole rings is 1. The second-order valence-electron chi connectivity index (χ2n) is 5.37. The van der Waals surface area contributed by atoms with E-state index >= 15 is 0 Å². The number of nitrogens with zero attached hydrogens (tertiary/aromatic N) is 4. The molecule has 122 valence electrons. The molecule has 0 unspecified atom stereocenters. The summed E-state index contributed by atoms with van der Waals surface area (Å²) in [5.41, 5.74) is 2.22. The maximum atomic E-state index is 13.6. The summed E-state index contributed by atoms with van der Waals surface area (Å²) in [5.74, 6) is 0.130. The highest BCUT2D eigenvalue weighted by Gasteiger charge is 2.13. The monoisotopic (exact) mass is 325 g/mol. The van der Waals surface area contributed by atoms with Crippen LogP contribution >= 0.6 is 0 Å². The first kappa shape index (κ1) is 15.8. The van der Waals surface area contributed by atoms with E-state index in [1.165, 1.54) is 30.6 Å². The Bertz CT molecular complexity index is 902. The van der Waals surface area contributed by atoms with Gasteiger partial charge in [-0.2, -0.15) is 0 Å². The molecule has 1 N–H and O–H groups in total. The predicted octanol–water partition coefficient (Wildman–Crippen LogP) is 2.98. The standard InChI is InChI=1S/C17H16FN5O/c1-10-11(2)23(12(3)21-10)17-19-8-13(9-20-17)22-16(24)14-6-4-5-7-15(14)18/h4-9H,1-3H3,(H,22,24). The minimum Gasteiger partial charge on any atom is -0.319 e. The maximum Gasteiger partial charge on any atom is 0.258 e. The molecule has 0 radical (unpaired) electrons. The molecule has 1 aromatic carbocycles. The van der Waals surface area contributed by atoms with E-state index in [1.54, 1.807) is 6.07 Å². The number of hydrogen-bond donors (Lipinski definition) is 1. The molecule has 0 spiro atoms. The Hall–Kier alpha value is -3.09. The summed E-state index contributed by atoms with van der Waals surface area (Å²) in [6, 6.07) is 5.79. The van der Waals surface area contributed by atoms with Gasteiger partial charge >= 0.3 is 0 Å². The van der Waals surface area contributed by atoms with Crippen LogP contribution in [0.1, 0.15) is 27.6 Å². The van der Waals surface area contributed by atoms with Gasteiger partial charge in [-0.25, -0.2) is 19.3 Å². The molecule has 1 amide bonds. The average molecular weight is 325 g/mol. The van der Waals surface area contributed by atoms with E-state index in [1.807, 2.05) is 25.3 Å². The molecule has 0 atom stereocenters. The average Bonchev–Trinajstić information content (AvgIpc) is 2.81. The van der Waals surface area contributed by atoms with Crippen molar-refractivity contribution in [2.75, 3.05) is 5.32 Å². The third kappa shape index (κ3) is 2.88. The van der Waals surface area contributed by atoms with Gasteiger partial charge in [0.15, 0.2) is 0 Å². The van der Waals surface area contributed by atoms with Crippen LogP contribution in [0.4, 0.5) is 10.1 Å². The van der Waals surface area contributed by atoms with Crippen LogP contribution in [0, 0.1) is 26.6 Å². The molecule has 0 aliphatic heterocycles. The van der Waals surface area contributed by atoms with Crippen LogP contribution in [0.2, 0.25) is 0 Å². The van der Waals surface area contributed by atoms with Crippen molar-refractivity contribution < 1.29 is 9.18 Å². The zero-order valence-electron chi connectivity index (χ0n) is 13.5. The van der Waals surface area contributed by atoms with Gasteiger partial charge in [-0.1, -0.05) is 12.1 Å². The molecule has 0 saturated heterocycles. The number of hydrogen-bond acceptors (Lipinski definition) is 4. The fraction of sp³-hybridized carbons (Fsp3) is 0.176. The maximum absolute atomic E-state index is 13.6. The summed E-state index contributed by atoms with van der Waals surface area (Å²) in [5, 5.41) is 2.58. The van der Waals surface area contributed by atoms with Crippen LogP contribution in [0.15, 0.2) is 36.7 Å². The first-order valence-corrected chi connectivity index (χ1v) is 7.38. The molecule has 0 saturated carbocycles. The largest absolute Gasteiger partial charge is 0.319 e. The first-order chi connectivity index (χ1) is 11.5. The molecule has 6 nitrogen and oxygen atoms in total. The van der Waals surface area contributed by atoms with Crippen LogP contribution in [0.3, 0.4) is 0 Å². The van der Waals surface area contributed by atoms with E-state index in [0.29, 0.717) is 11.6 Å². The molecule has 0 fully saturated rings. The SMILES string of the molecule is Cc1nc(C)n(-c2ncc(NC(=O)c3ccccc3F)cn2)c1C. The van der Waals surface area contributed by atoms with Crippen molar-refractivity contribution in [2.45, 2.75) is 20.8 Å². The van der Waals surface area contributed by atoms with Crippen molar-refractivity contribution in [3.63, 3.8) is 0 Å². The van der Waals surface area contributed by atoms with Crippen molar-refractivity contribution >= 4 is 11.6 Å². The van der Waals surface area contributed by atoms with Gasteiger partial charge in [-0.05, 0) is 32.9 Å². The minimum absolute atomic E-state index is 0.0292. The first-order valence-electron chi connectivity index (χ1n) is 7.38. The molecule has 0 bridgehead atoms. The third-order valence-electron chi connectivity index (χ3n) is 3.73. The van der Waals surface area contributed by atoms with E-state index in [0.717, 1.165) is 17.2 Å². The quantitative estimate of drug-likeness (QED) is 0.803. The number of halogens is 1. The van der Waals surface area contributed by atoms with Crippen molar-refractivity contribution in [1.82, 2.24) is 19.5 Å². The van der Waals surface area contributed by atoms with E-state index in [4.69, 9.17) is 0 Å². The van der Waals surface area contributed by atoms with Crippen LogP contribution in [-0.4, -0.2) is 25.4 Å². The van der Waals surface area contributed by atoms with Crippen LogP contribution in [0.5, 0.6) is 0 Å². The van der Waals surface area contributed by atoms with E-state index in [9.17, 15) is 9.18 Å². The van der Waals surface area contributed by atoms with Crippen molar-refractivity contribution in [2.24, 2.45) is 0 Å². The van der Waals surface area contributed by atoms with Crippen LogP contribution in [-0.2, 0) is 0 Å². The molecular formula is C17H16FN5O. The van der Waals surface area contributed by atoms with Gasteiger partial charge in [0, 0.05) is 5.69 Å². The number of amides is 1. The van der Waals surface area contributed by atoms with Gasteiger partial charge < -0.3 is 5.32 Å². The highest BCUT2D eigenvalue weighted by atomic mass is 19.1. The fourth-order valence-corrected chi connectivity index (χ4v) is 2.42. The number of anilines is 1. The number of carbonyl (C=O) groups is 1. The Kier molecular flexibility index (Phi) is 4.07. The molecule has 2 aromatic heterocycles. The summed E-state index contributed by atoms with van der Waals surface area (Å²) in [6.45, 7) is 5.73. The van der Waals surface area contributed by atoms with Crippen molar-refractivity contribution in [3.8, 4) is 5.95 Å². The van der Waals surface area contributed by atoms with Gasteiger partial charge in [-0.15, -0.1) is 0 Å². The van der Waals surface area contributed by atoms with Crippen molar-refractivity contribution in [3.05, 3.63) is 65.3 Å². The molecule has 7 heteroatoms. The number of rotatable bonds is 3. The summed E-state index contributed by atoms with van der Waals surface area (Å²) in [4.78, 5) is 25.0. The summed E-state index contributed by atoms with van der Waals surface area (Å²) in [7, 11) is 0. The normalized spacial score (nSPS) is 10.7. The lowest BCUT2D eigenvalue weighted by Gasteiger charge is -2.08. The Balaban J connectivity index is 1.83. The third-order valence-corrected chi connectivity index (χ3v) is 3.73. The molecule has 0 aliphatic carbocycles. The molecule has 3 aromatic rings. The summed E-state index contributed by atoms with van der Waals surface area (Å²) < 4.78 is 15.4. The Labute approximate surface area is 138 Å². The van der Waals surface area contributed by atoms with Gasteiger partial charge in [0.05, 0.1) is 29.3 Å². The molecule has 24 heavy (non-hydrogen) atoms. The summed E-state index contributed by atoms with van der Waals surface area (Å²) >= 11 is 0. The second kappa shape index (κ2) is 6.19. The lowest BCUT2D eigenvalue weighted by Crippen LogP contribution is -2.14. The second-order valence-corrected chi connectivity index (χ2v) is 5.37. The van der Waals surface area contributed by atoms with Gasteiger partial charge in [-0.3, -0.25) is 9.36 Å². The number of nitrogens with one attached hydrogen (secondary N) is 1. The number of carbonyl (C=O) groups excluding carboxylic acids is 1. The van der Waals surface area contributed by atoms with Gasteiger partial charge in [0.2, 0.25) is 5.95 Å². The van der Waals surface area contributed by atoms with Crippen molar-refractivity contribution in [1.29, 1.82) is 0 Å². The molecular weight excluding hydrogens is 309 g/mol. The highest BCUT2D eigenvalue weighted by molar-refractivity contribution is 6.04. The minimum atomic E-state index is -0.576. The number of aryl methyl sites for hydroxylation is 2. The highest BCUT2D eigenvalue weighted by Crippen LogP contribution is 2.15. The Morgan fingerprint density at radius 2 is 1.79 bits per heavy atom. The van der Waals surface area contributed by atoms with E-state index < -0.39 is 11.7 Å². The lowest BCUT2D eigenvalue weighted by atomic mass is 10.2. The van der Waals surface area contributed by atoms with E-state index in [2.05, 4.69) is 20.3 Å². The number of benzene rings is 1. The molecule has 2 heterocycles. The Morgan fingerprint density at radius 3 is 2.38 bits per heavy atom. The van der Waals surface area contributed by atoms with Crippen LogP contribution < -0.4 is 5.32 Å². The Morgan fingerprint density at radius 1 is 1.12 bits per heavy atom. The number of aromatic nitrogens is 4. The molecule has 0 aliphatic rings. The van der Waals surface area contributed by atoms with E-state index in [-0.39, 0.29) is 5.56 Å². The lowest BCUT2D eigenvalue weighted by molar-refractivity contribution is 0.102. The fourth-order valence-electron chi connectivity index (χ4n) is 2.42. The zero-order valence-corrected chi connectivity index (χ0v) is 13.5.